The van der Waals surface area contributed by atoms with Crippen molar-refractivity contribution < 1.29 is 10.2 Å². The zero-order valence-corrected chi connectivity index (χ0v) is 13.6. The fourth-order valence-electron chi connectivity index (χ4n) is 3.01. The second-order valence-corrected chi connectivity index (χ2v) is 5.85. The van der Waals surface area contributed by atoms with E-state index in [4.69, 9.17) is 5.11 Å². The van der Waals surface area contributed by atoms with Gasteiger partial charge in [0, 0.05) is 30.6 Å². The van der Waals surface area contributed by atoms with Crippen molar-refractivity contribution in [3.8, 4) is 5.75 Å². The Balaban J connectivity index is 2.44. The van der Waals surface area contributed by atoms with Gasteiger partial charge in [-0.25, -0.2) is 0 Å². The number of unbranched alkanes of at least 4 members (excludes halogenated alkanes) is 1. The molecule has 22 heavy (non-hydrogen) atoms. The lowest BCUT2D eigenvalue weighted by Gasteiger charge is -2.29. The second kappa shape index (κ2) is 7.32. The Hall–Kier alpha value is -2.00. The molecule has 0 aromatic heterocycles. The highest BCUT2D eigenvalue weighted by Gasteiger charge is 2.15. The fraction of sp³-hybridized carbons (Fsp3) is 0.368. The van der Waals surface area contributed by atoms with E-state index in [0.29, 0.717) is 0 Å². The lowest BCUT2D eigenvalue weighted by atomic mass is 10.0. The highest BCUT2D eigenvalue weighted by Crippen LogP contribution is 2.34. The smallest absolute Gasteiger partial charge is 0.117 e. The number of rotatable bonds is 6. The summed E-state index contributed by atoms with van der Waals surface area (Å²) >= 11 is 0. The van der Waals surface area contributed by atoms with Gasteiger partial charge in [0.1, 0.15) is 5.75 Å². The maximum absolute atomic E-state index is 9.80. The van der Waals surface area contributed by atoms with Crippen molar-refractivity contribution in [2.45, 2.75) is 33.6 Å². The van der Waals surface area contributed by atoms with Crippen LogP contribution < -0.4 is 4.90 Å². The van der Waals surface area contributed by atoms with Crippen LogP contribution in [0.3, 0.4) is 0 Å². The topological polar surface area (TPSA) is 43.7 Å². The van der Waals surface area contributed by atoms with Gasteiger partial charge in [-0.1, -0.05) is 23.8 Å². The molecule has 0 heterocycles. The monoisotopic (exact) mass is 299 g/mol. The number of aromatic hydroxyl groups is 1. The van der Waals surface area contributed by atoms with Gasteiger partial charge in [-0.2, -0.15) is 0 Å². The Bertz CT molecular complexity index is 614. The minimum absolute atomic E-state index is 0.208. The average Bonchev–Trinajstić information content (AvgIpc) is 2.44. The summed E-state index contributed by atoms with van der Waals surface area (Å²) in [4.78, 5) is 2.24. The van der Waals surface area contributed by atoms with E-state index in [1.807, 2.05) is 12.1 Å². The summed E-state index contributed by atoms with van der Waals surface area (Å²) in [7, 11) is 0. The van der Waals surface area contributed by atoms with Crippen LogP contribution in [0.15, 0.2) is 36.4 Å². The standard InChI is InChI=1S/C19H25NO2/c1-14-11-15(2)19(16(3)12-14)20(9-4-5-10-21)17-7-6-8-18(22)13-17/h6-8,11-13,21-22H,4-5,9-10H2,1-3H3. The van der Waals surface area contributed by atoms with Crippen LogP contribution in [0, 0.1) is 20.8 Å². The number of hydrogen-bond donors (Lipinski definition) is 2. The summed E-state index contributed by atoms with van der Waals surface area (Å²) in [5.41, 5.74) is 5.88. The van der Waals surface area contributed by atoms with Gasteiger partial charge in [-0.05, 0) is 56.9 Å². The molecule has 0 aliphatic heterocycles. The van der Waals surface area contributed by atoms with E-state index in [2.05, 4.69) is 37.8 Å². The van der Waals surface area contributed by atoms with Crippen molar-refractivity contribution in [2.24, 2.45) is 0 Å². The predicted molar refractivity (Wildman–Crippen MR) is 92.1 cm³/mol. The second-order valence-electron chi connectivity index (χ2n) is 5.85. The van der Waals surface area contributed by atoms with E-state index < -0.39 is 0 Å². The molecule has 2 rings (SSSR count). The highest BCUT2D eigenvalue weighted by molar-refractivity contribution is 5.70. The molecule has 0 aliphatic carbocycles. The average molecular weight is 299 g/mol. The third-order valence-corrected chi connectivity index (χ3v) is 3.84. The van der Waals surface area contributed by atoms with Crippen LogP contribution in [-0.4, -0.2) is 23.4 Å². The Morgan fingerprint density at radius 3 is 2.23 bits per heavy atom. The maximum Gasteiger partial charge on any atom is 0.117 e. The van der Waals surface area contributed by atoms with Crippen LogP contribution in [-0.2, 0) is 0 Å². The Kier molecular flexibility index (Phi) is 5.45. The minimum Gasteiger partial charge on any atom is -0.508 e. The molecule has 0 atom stereocenters. The number of aryl methyl sites for hydroxylation is 3. The molecule has 0 saturated carbocycles. The van der Waals surface area contributed by atoms with E-state index in [9.17, 15) is 5.11 Å². The molecular weight excluding hydrogens is 274 g/mol. The summed E-state index contributed by atoms with van der Waals surface area (Å²) in [5, 5.41) is 18.8. The van der Waals surface area contributed by atoms with Gasteiger partial charge >= 0.3 is 0 Å². The molecule has 118 valence electrons. The third-order valence-electron chi connectivity index (χ3n) is 3.84. The zero-order chi connectivity index (χ0) is 16.1. The molecule has 0 spiro atoms. The first kappa shape index (κ1) is 16.4. The molecular formula is C19H25NO2. The van der Waals surface area contributed by atoms with Gasteiger partial charge in [0.05, 0.1) is 0 Å². The summed E-state index contributed by atoms with van der Waals surface area (Å²) < 4.78 is 0. The zero-order valence-electron chi connectivity index (χ0n) is 13.6. The predicted octanol–water partition coefficient (Wildman–Crippen LogP) is 4.23. The molecule has 2 aromatic rings. The molecule has 0 bridgehead atoms. The van der Waals surface area contributed by atoms with Crippen molar-refractivity contribution in [2.75, 3.05) is 18.1 Å². The van der Waals surface area contributed by atoms with Gasteiger partial charge in [0.15, 0.2) is 0 Å². The summed E-state index contributed by atoms with van der Waals surface area (Å²) in [6.07, 6.45) is 1.68. The third kappa shape index (κ3) is 3.80. The van der Waals surface area contributed by atoms with Crippen LogP contribution in [0.25, 0.3) is 0 Å². The lowest BCUT2D eigenvalue weighted by Crippen LogP contribution is -2.21. The van der Waals surface area contributed by atoms with Gasteiger partial charge < -0.3 is 15.1 Å². The van der Waals surface area contributed by atoms with Crippen molar-refractivity contribution in [1.82, 2.24) is 0 Å². The Morgan fingerprint density at radius 1 is 0.955 bits per heavy atom. The molecule has 0 saturated heterocycles. The first-order valence-electron chi connectivity index (χ1n) is 7.78. The van der Waals surface area contributed by atoms with E-state index in [1.54, 1.807) is 12.1 Å². The normalized spacial score (nSPS) is 10.7. The van der Waals surface area contributed by atoms with Crippen molar-refractivity contribution in [3.05, 3.63) is 53.1 Å². The molecule has 0 radical (unpaired) electrons. The lowest BCUT2D eigenvalue weighted by molar-refractivity contribution is 0.285. The highest BCUT2D eigenvalue weighted by atomic mass is 16.3. The molecule has 0 unspecified atom stereocenters. The molecule has 0 aliphatic rings. The number of phenolic OH excluding ortho intramolecular Hbond substituents is 1. The number of nitrogens with zero attached hydrogens (tertiary/aromatic N) is 1. The van der Waals surface area contributed by atoms with Crippen molar-refractivity contribution in [1.29, 1.82) is 0 Å². The number of anilines is 2. The summed E-state index contributed by atoms with van der Waals surface area (Å²) in [6.45, 7) is 7.37. The SMILES string of the molecule is Cc1cc(C)c(N(CCCCO)c2cccc(O)c2)c(C)c1. The number of hydrogen-bond acceptors (Lipinski definition) is 3. The Labute approximate surface area is 132 Å². The molecule has 3 nitrogen and oxygen atoms in total. The van der Waals surface area contributed by atoms with Gasteiger partial charge in [-0.15, -0.1) is 0 Å². The van der Waals surface area contributed by atoms with Gasteiger partial charge in [-0.3, -0.25) is 0 Å². The van der Waals surface area contributed by atoms with Gasteiger partial charge in [0.2, 0.25) is 0 Å². The number of benzene rings is 2. The van der Waals surface area contributed by atoms with Crippen LogP contribution >= 0.6 is 0 Å². The quantitative estimate of drug-likeness (QED) is 0.785. The number of aliphatic hydroxyl groups excluding tert-OH is 1. The van der Waals surface area contributed by atoms with E-state index in [0.717, 1.165) is 25.1 Å². The largest absolute Gasteiger partial charge is 0.508 e. The Morgan fingerprint density at radius 2 is 1.64 bits per heavy atom. The fourth-order valence-corrected chi connectivity index (χ4v) is 3.01. The number of aliphatic hydroxyl groups is 1. The van der Waals surface area contributed by atoms with Crippen LogP contribution in [0.1, 0.15) is 29.5 Å². The molecule has 3 heteroatoms. The number of phenols is 1. The molecule has 2 aromatic carbocycles. The van der Waals surface area contributed by atoms with E-state index in [-0.39, 0.29) is 12.4 Å². The van der Waals surface area contributed by atoms with E-state index in [1.165, 1.54) is 22.4 Å². The first-order valence-corrected chi connectivity index (χ1v) is 7.78. The van der Waals surface area contributed by atoms with E-state index >= 15 is 0 Å². The summed E-state index contributed by atoms with van der Waals surface area (Å²) in [6, 6.07) is 11.7. The van der Waals surface area contributed by atoms with Crippen molar-refractivity contribution in [3.63, 3.8) is 0 Å². The van der Waals surface area contributed by atoms with Gasteiger partial charge in [0.25, 0.3) is 0 Å². The molecule has 0 fully saturated rings. The van der Waals surface area contributed by atoms with Crippen LogP contribution in [0.4, 0.5) is 11.4 Å². The summed E-state index contributed by atoms with van der Waals surface area (Å²) in [5.74, 6) is 0.270. The maximum atomic E-state index is 9.80. The molecule has 2 N–H and O–H groups in total. The first-order chi connectivity index (χ1) is 10.5. The van der Waals surface area contributed by atoms with Crippen LogP contribution in [0.2, 0.25) is 0 Å². The minimum atomic E-state index is 0.208. The van der Waals surface area contributed by atoms with Crippen molar-refractivity contribution >= 4 is 11.4 Å². The molecule has 0 amide bonds. The van der Waals surface area contributed by atoms with Crippen LogP contribution in [0.5, 0.6) is 5.75 Å².